The predicted octanol–water partition coefficient (Wildman–Crippen LogP) is 2.65. The van der Waals surface area contributed by atoms with Crippen LogP contribution in [-0.4, -0.2) is 29.0 Å². The highest BCUT2D eigenvalue weighted by atomic mass is 16.5. The molecule has 0 atom stereocenters. The summed E-state index contributed by atoms with van der Waals surface area (Å²) < 4.78 is 4.67. The number of nitrogens with two attached hydrogens (primary N) is 1. The summed E-state index contributed by atoms with van der Waals surface area (Å²) in [7, 11) is 1.32. The first-order valence-corrected chi connectivity index (χ1v) is 8.67. The molecule has 9 nitrogen and oxygen atoms in total. The quantitative estimate of drug-likeness (QED) is 0.372. The Morgan fingerprint density at radius 1 is 0.931 bits per heavy atom. The third-order valence-electron chi connectivity index (χ3n) is 4.06. The Bertz CT molecular complexity index is 1020. The summed E-state index contributed by atoms with van der Waals surface area (Å²) in [6, 6.07) is 13.8. The fourth-order valence-electron chi connectivity index (χ4n) is 2.43. The first-order valence-electron chi connectivity index (χ1n) is 8.67. The lowest BCUT2D eigenvalue weighted by molar-refractivity contribution is 0.0600. The number of nitrogens with one attached hydrogen (secondary N) is 3. The SMILES string of the molecule is COC(=O)c1ccc(Nc2ncnc(NNC(=O)c3ccc(C)cc3)c2N)cc1. The molecule has 2 aromatic carbocycles. The van der Waals surface area contributed by atoms with E-state index in [0.29, 0.717) is 22.6 Å². The minimum atomic E-state index is -0.422. The molecule has 0 aliphatic heterocycles. The Kier molecular flexibility index (Phi) is 5.88. The fourth-order valence-corrected chi connectivity index (χ4v) is 2.43. The molecule has 0 bridgehead atoms. The van der Waals surface area contributed by atoms with Gasteiger partial charge in [-0.1, -0.05) is 17.7 Å². The second-order valence-electron chi connectivity index (χ2n) is 6.12. The van der Waals surface area contributed by atoms with Crippen LogP contribution < -0.4 is 21.9 Å². The molecule has 3 rings (SSSR count). The molecule has 0 aliphatic carbocycles. The summed E-state index contributed by atoms with van der Waals surface area (Å²) in [4.78, 5) is 31.9. The minimum absolute atomic E-state index is 0.216. The summed E-state index contributed by atoms with van der Waals surface area (Å²) in [5.74, 6) is -0.156. The van der Waals surface area contributed by atoms with Crippen molar-refractivity contribution in [2.75, 3.05) is 23.6 Å². The first kappa shape index (κ1) is 19.6. The Balaban J connectivity index is 1.68. The van der Waals surface area contributed by atoms with Crippen molar-refractivity contribution in [3.63, 3.8) is 0 Å². The van der Waals surface area contributed by atoms with Crippen molar-refractivity contribution in [2.24, 2.45) is 0 Å². The van der Waals surface area contributed by atoms with Crippen LogP contribution in [0.2, 0.25) is 0 Å². The molecule has 29 heavy (non-hydrogen) atoms. The van der Waals surface area contributed by atoms with Crippen molar-refractivity contribution in [1.82, 2.24) is 15.4 Å². The van der Waals surface area contributed by atoms with Crippen LogP contribution in [-0.2, 0) is 4.74 Å². The molecule has 0 spiro atoms. The van der Waals surface area contributed by atoms with Gasteiger partial charge in [-0.15, -0.1) is 0 Å². The molecule has 1 amide bonds. The number of methoxy groups -OCH3 is 1. The number of aryl methyl sites for hydroxylation is 1. The van der Waals surface area contributed by atoms with Crippen LogP contribution in [0.4, 0.5) is 23.0 Å². The molecule has 9 heteroatoms. The van der Waals surface area contributed by atoms with Crippen molar-refractivity contribution in [1.29, 1.82) is 0 Å². The van der Waals surface area contributed by atoms with Crippen molar-refractivity contribution >= 4 is 34.9 Å². The van der Waals surface area contributed by atoms with Gasteiger partial charge in [0.25, 0.3) is 5.91 Å². The van der Waals surface area contributed by atoms with E-state index in [9.17, 15) is 9.59 Å². The van der Waals surface area contributed by atoms with E-state index < -0.39 is 5.97 Å². The van der Waals surface area contributed by atoms with Crippen molar-refractivity contribution in [3.8, 4) is 0 Å². The van der Waals surface area contributed by atoms with Crippen molar-refractivity contribution in [3.05, 3.63) is 71.5 Å². The van der Waals surface area contributed by atoms with Crippen LogP contribution in [0.25, 0.3) is 0 Å². The number of esters is 1. The number of hydrazine groups is 1. The van der Waals surface area contributed by atoms with Crippen LogP contribution in [0, 0.1) is 6.92 Å². The molecule has 0 aliphatic rings. The van der Waals surface area contributed by atoms with Crippen LogP contribution >= 0.6 is 0 Å². The standard InChI is InChI=1S/C20H20N6O3/c1-12-3-5-13(6-4-12)19(27)26-25-18-16(21)17(22-11-23-18)24-15-9-7-14(8-10-15)20(28)29-2/h3-11H,21H2,1-2H3,(H,26,27)(H2,22,23,24,25). The number of hydrogen-bond donors (Lipinski definition) is 4. The van der Waals surface area contributed by atoms with Gasteiger partial charge in [0.2, 0.25) is 0 Å². The number of benzene rings is 2. The third kappa shape index (κ3) is 4.78. The highest BCUT2D eigenvalue weighted by molar-refractivity contribution is 5.95. The number of amides is 1. The van der Waals surface area contributed by atoms with Gasteiger partial charge in [-0.3, -0.25) is 15.6 Å². The second-order valence-corrected chi connectivity index (χ2v) is 6.12. The van der Waals surface area contributed by atoms with E-state index in [1.54, 1.807) is 36.4 Å². The van der Waals surface area contributed by atoms with Gasteiger partial charge < -0.3 is 15.8 Å². The summed E-state index contributed by atoms with van der Waals surface area (Å²) in [6.07, 6.45) is 1.31. The zero-order valence-electron chi connectivity index (χ0n) is 15.9. The maximum absolute atomic E-state index is 12.2. The highest BCUT2D eigenvalue weighted by Gasteiger charge is 2.11. The van der Waals surface area contributed by atoms with Gasteiger partial charge >= 0.3 is 5.97 Å². The average Bonchev–Trinajstić information content (AvgIpc) is 2.74. The lowest BCUT2D eigenvalue weighted by atomic mass is 10.1. The van der Waals surface area contributed by atoms with E-state index in [1.165, 1.54) is 13.4 Å². The molecule has 1 aromatic heterocycles. The first-order chi connectivity index (χ1) is 14.0. The topological polar surface area (TPSA) is 131 Å². The monoisotopic (exact) mass is 392 g/mol. The van der Waals surface area contributed by atoms with Crippen LogP contribution in [0.5, 0.6) is 0 Å². The summed E-state index contributed by atoms with van der Waals surface area (Å²) in [6.45, 7) is 1.94. The van der Waals surface area contributed by atoms with E-state index in [1.807, 2.05) is 19.1 Å². The van der Waals surface area contributed by atoms with Gasteiger partial charge in [-0.25, -0.2) is 14.8 Å². The summed E-state index contributed by atoms with van der Waals surface area (Å²) >= 11 is 0. The molecule has 148 valence electrons. The average molecular weight is 392 g/mol. The number of aromatic nitrogens is 2. The Morgan fingerprint density at radius 2 is 1.55 bits per heavy atom. The summed E-state index contributed by atoms with van der Waals surface area (Å²) in [5.41, 5.74) is 14.2. The molecule has 5 N–H and O–H groups in total. The molecule has 0 saturated heterocycles. The molecule has 0 unspecified atom stereocenters. The Morgan fingerprint density at radius 3 is 2.21 bits per heavy atom. The largest absolute Gasteiger partial charge is 0.465 e. The number of anilines is 4. The van der Waals surface area contributed by atoms with Crippen LogP contribution in [0.1, 0.15) is 26.3 Å². The van der Waals surface area contributed by atoms with E-state index in [2.05, 4.69) is 30.9 Å². The smallest absolute Gasteiger partial charge is 0.337 e. The number of hydrogen-bond acceptors (Lipinski definition) is 8. The number of carbonyl (C=O) groups excluding carboxylic acids is 2. The van der Waals surface area contributed by atoms with E-state index >= 15 is 0 Å². The number of nitrogen functional groups attached to an aromatic ring is 1. The maximum atomic E-state index is 12.2. The number of carbonyl (C=O) groups is 2. The van der Waals surface area contributed by atoms with E-state index in [4.69, 9.17) is 5.73 Å². The summed E-state index contributed by atoms with van der Waals surface area (Å²) in [5, 5.41) is 3.04. The van der Waals surface area contributed by atoms with Crippen LogP contribution in [0.3, 0.4) is 0 Å². The fraction of sp³-hybridized carbons (Fsp3) is 0.100. The number of ether oxygens (including phenoxy) is 1. The molecule has 0 saturated carbocycles. The normalized spacial score (nSPS) is 10.1. The lowest BCUT2D eigenvalue weighted by Gasteiger charge is -2.13. The van der Waals surface area contributed by atoms with Gasteiger partial charge in [-0.05, 0) is 43.3 Å². The Hall–Kier alpha value is -4.14. The van der Waals surface area contributed by atoms with Gasteiger partial charge in [0.1, 0.15) is 12.0 Å². The molecule has 0 radical (unpaired) electrons. The van der Waals surface area contributed by atoms with Crippen molar-refractivity contribution < 1.29 is 14.3 Å². The third-order valence-corrected chi connectivity index (χ3v) is 4.06. The van der Waals surface area contributed by atoms with Crippen molar-refractivity contribution in [2.45, 2.75) is 6.92 Å². The zero-order chi connectivity index (χ0) is 20.8. The lowest BCUT2D eigenvalue weighted by Crippen LogP contribution is -2.30. The molecular weight excluding hydrogens is 372 g/mol. The molecule has 1 heterocycles. The van der Waals surface area contributed by atoms with E-state index in [0.717, 1.165) is 5.56 Å². The van der Waals surface area contributed by atoms with Gasteiger partial charge in [0, 0.05) is 11.3 Å². The second kappa shape index (κ2) is 8.70. The number of nitrogens with zero attached hydrogens (tertiary/aromatic N) is 2. The number of rotatable bonds is 6. The molecule has 3 aromatic rings. The molecular formula is C20H20N6O3. The van der Waals surface area contributed by atoms with E-state index in [-0.39, 0.29) is 17.4 Å². The van der Waals surface area contributed by atoms with Gasteiger partial charge in [-0.2, -0.15) is 0 Å². The highest BCUT2D eigenvalue weighted by Crippen LogP contribution is 2.25. The van der Waals surface area contributed by atoms with Gasteiger partial charge in [0.15, 0.2) is 11.6 Å². The zero-order valence-corrected chi connectivity index (χ0v) is 15.9. The molecule has 0 fully saturated rings. The van der Waals surface area contributed by atoms with Crippen LogP contribution in [0.15, 0.2) is 54.9 Å². The van der Waals surface area contributed by atoms with Gasteiger partial charge in [0.05, 0.1) is 12.7 Å². The Labute approximate surface area is 167 Å². The predicted molar refractivity (Wildman–Crippen MR) is 110 cm³/mol. The maximum Gasteiger partial charge on any atom is 0.337 e. The minimum Gasteiger partial charge on any atom is -0.465 e.